The van der Waals surface area contributed by atoms with Gasteiger partial charge in [-0.1, -0.05) is 6.07 Å². The zero-order valence-electron chi connectivity index (χ0n) is 20.7. The van der Waals surface area contributed by atoms with Gasteiger partial charge in [0.15, 0.2) is 0 Å². The van der Waals surface area contributed by atoms with Crippen molar-refractivity contribution < 1.29 is 19.4 Å². The number of hydrogen-bond donors (Lipinski definition) is 3. The van der Waals surface area contributed by atoms with E-state index in [2.05, 4.69) is 20.9 Å². The van der Waals surface area contributed by atoms with Crippen molar-refractivity contribution in [3.8, 4) is 11.4 Å². The lowest BCUT2D eigenvalue weighted by Crippen LogP contribution is -2.44. The molecule has 9 nitrogen and oxygen atoms in total. The molecule has 2 aliphatic heterocycles. The number of ether oxygens (including phenoxy) is 2. The summed E-state index contributed by atoms with van der Waals surface area (Å²) < 4.78 is 13.2. The molecule has 192 valence electrons. The second-order valence-electron chi connectivity index (χ2n) is 9.97. The summed E-state index contributed by atoms with van der Waals surface area (Å²) in [5, 5.41) is 13.0. The SMILES string of the molecule is Cc1cc(-c2nc3cc(CNC(C(=O)O)C4CCOCC4)ccc3n2CC2CCOCC2)c[nH]c1=O. The van der Waals surface area contributed by atoms with Gasteiger partial charge in [-0.05, 0) is 68.2 Å². The van der Waals surface area contributed by atoms with Crippen molar-refractivity contribution in [3.05, 3.63) is 51.9 Å². The lowest BCUT2D eigenvalue weighted by molar-refractivity contribution is -0.142. The van der Waals surface area contributed by atoms with E-state index in [1.54, 1.807) is 13.1 Å². The average molecular weight is 495 g/mol. The Bertz CT molecular complexity index is 1270. The maximum Gasteiger partial charge on any atom is 0.320 e. The van der Waals surface area contributed by atoms with Gasteiger partial charge in [0.25, 0.3) is 5.56 Å². The summed E-state index contributed by atoms with van der Waals surface area (Å²) in [6.07, 6.45) is 5.25. The summed E-state index contributed by atoms with van der Waals surface area (Å²) in [5.41, 5.74) is 4.30. The zero-order chi connectivity index (χ0) is 25.1. The van der Waals surface area contributed by atoms with E-state index in [1.165, 1.54) is 0 Å². The number of aromatic amines is 1. The van der Waals surface area contributed by atoms with E-state index in [0.29, 0.717) is 31.2 Å². The molecule has 3 N–H and O–H groups in total. The van der Waals surface area contributed by atoms with Crippen LogP contribution in [0, 0.1) is 18.8 Å². The predicted molar refractivity (Wildman–Crippen MR) is 136 cm³/mol. The molecule has 4 heterocycles. The summed E-state index contributed by atoms with van der Waals surface area (Å²) in [7, 11) is 0. The third-order valence-corrected chi connectivity index (χ3v) is 7.47. The van der Waals surface area contributed by atoms with Crippen molar-refractivity contribution in [3.63, 3.8) is 0 Å². The van der Waals surface area contributed by atoms with Crippen LogP contribution in [0.25, 0.3) is 22.4 Å². The predicted octanol–water partition coefficient (Wildman–Crippen LogP) is 3.10. The number of aryl methyl sites for hydroxylation is 1. The molecule has 2 aromatic heterocycles. The van der Waals surface area contributed by atoms with Crippen LogP contribution in [0.1, 0.15) is 36.8 Å². The molecule has 2 aliphatic rings. The number of carbonyl (C=O) groups is 1. The topological polar surface area (TPSA) is 118 Å². The molecule has 1 atom stereocenters. The fourth-order valence-electron chi connectivity index (χ4n) is 5.34. The second kappa shape index (κ2) is 10.9. The highest BCUT2D eigenvalue weighted by Gasteiger charge is 2.29. The summed E-state index contributed by atoms with van der Waals surface area (Å²) in [6, 6.07) is 7.44. The van der Waals surface area contributed by atoms with Gasteiger partial charge in [-0.15, -0.1) is 0 Å². The highest BCUT2D eigenvalue weighted by molar-refractivity contribution is 5.81. The van der Waals surface area contributed by atoms with Crippen LogP contribution in [0.2, 0.25) is 0 Å². The number of carboxylic acids is 1. The van der Waals surface area contributed by atoms with Crippen LogP contribution in [-0.4, -0.2) is 58.1 Å². The van der Waals surface area contributed by atoms with E-state index < -0.39 is 12.0 Å². The van der Waals surface area contributed by atoms with Crippen LogP contribution in [0.4, 0.5) is 0 Å². The van der Waals surface area contributed by atoms with E-state index in [-0.39, 0.29) is 11.5 Å². The standard InChI is InChI=1S/C27H34N4O5/c1-17-12-21(15-29-26(17)32)25-30-22-13-19(14-28-24(27(33)34)20-6-10-36-11-7-20)2-3-23(22)31(25)16-18-4-8-35-9-5-18/h2-3,12-13,15,18,20,24,28H,4-11,14,16H2,1H3,(H,29,32)(H,33,34). The van der Waals surface area contributed by atoms with Crippen LogP contribution in [0.3, 0.4) is 0 Å². The van der Waals surface area contributed by atoms with Gasteiger partial charge in [0.2, 0.25) is 0 Å². The molecule has 0 saturated carbocycles. The summed E-state index contributed by atoms with van der Waals surface area (Å²) in [5.74, 6) is 0.565. The van der Waals surface area contributed by atoms with Crippen molar-refractivity contribution in [1.29, 1.82) is 0 Å². The number of imidazole rings is 1. The van der Waals surface area contributed by atoms with Crippen LogP contribution in [0.5, 0.6) is 0 Å². The maximum atomic E-state index is 12.0. The molecule has 5 rings (SSSR count). The fraction of sp³-hybridized carbons (Fsp3) is 0.519. The number of aliphatic carboxylic acids is 1. The second-order valence-corrected chi connectivity index (χ2v) is 9.97. The van der Waals surface area contributed by atoms with Crippen LogP contribution < -0.4 is 10.9 Å². The molecule has 1 aromatic carbocycles. The molecule has 0 aliphatic carbocycles. The molecule has 0 radical (unpaired) electrons. The Morgan fingerprint density at radius 1 is 1.17 bits per heavy atom. The molecular weight excluding hydrogens is 460 g/mol. The van der Waals surface area contributed by atoms with E-state index in [0.717, 1.165) is 73.4 Å². The lowest BCUT2D eigenvalue weighted by Gasteiger charge is -2.28. The van der Waals surface area contributed by atoms with Gasteiger partial charge in [0.1, 0.15) is 11.9 Å². The number of nitrogens with one attached hydrogen (secondary N) is 2. The highest BCUT2D eigenvalue weighted by Crippen LogP contribution is 2.29. The van der Waals surface area contributed by atoms with Crippen LogP contribution >= 0.6 is 0 Å². The number of rotatable bonds is 8. The summed E-state index contributed by atoms with van der Waals surface area (Å²) in [6.45, 7) is 5.85. The Morgan fingerprint density at radius 3 is 2.58 bits per heavy atom. The molecule has 0 amide bonds. The molecule has 2 saturated heterocycles. The van der Waals surface area contributed by atoms with E-state index in [9.17, 15) is 14.7 Å². The number of aromatic nitrogens is 3. The largest absolute Gasteiger partial charge is 0.480 e. The normalized spacial score (nSPS) is 18.5. The monoisotopic (exact) mass is 494 g/mol. The van der Waals surface area contributed by atoms with Gasteiger partial charge in [0, 0.05) is 56.8 Å². The van der Waals surface area contributed by atoms with Crippen molar-refractivity contribution >= 4 is 17.0 Å². The first-order chi connectivity index (χ1) is 17.5. The fourth-order valence-corrected chi connectivity index (χ4v) is 5.34. The number of fused-ring (bicyclic) bond motifs is 1. The molecular formula is C27H34N4O5. The molecule has 2 fully saturated rings. The Hall–Kier alpha value is -3.01. The number of benzene rings is 1. The van der Waals surface area contributed by atoms with Crippen molar-refractivity contribution in [1.82, 2.24) is 19.9 Å². The van der Waals surface area contributed by atoms with Gasteiger partial charge < -0.3 is 29.4 Å². The Balaban J connectivity index is 1.44. The molecule has 0 bridgehead atoms. The minimum Gasteiger partial charge on any atom is -0.480 e. The molecule has 36 heavy (non-hydrogen) atoms. The van der Waals surface area contributed by atoms with Crippen LogP contribution in [-0.2, 0) is 27.4 Å². The minimum absolute atomic E-state index is 0.0636. The van der Waals surface area contributed by atoms with Crippen LogP contribution in [0.15, 0.2) is 35.3 Å². The van der Waals surface area contributed by atoms with E-state index in [4.69, 9.17) is 14.5 Å². The first kappa shape index (κ1) is 24.7. The summed E-state index contributed by atoms with van der Waals surface area (Å²) in [4.78, 5) is 31.7. The first-order valence-corrected chi connectivity index (χ1v) is 12.8. The third-order valence-electron chi connectivity index (χ3n) is 7.47. The Labute approximate surface area is 209 Å². The smallest absolute Gasteiger partial charge is 0.320 e. The quantitative estimate of drug-likeness (QED) is 0.440. The van der Waals surface area contributed by atoms with Crippen molar-refractivity contribution in [2.24, 2.45) is 11.8 Å². The van der Waals surface area contributed by atoms with Crippen molar-refractivity contribution in [2.75, 3.05) is 26.4 Å². The Kier molecular flexibility index (Phi) is 7.50. The average Bonchev–Trinajstić information content (AvgIpc) is 3.24. The molecule has 9 heteroatoms. The van der Waals surface area contributed by atoms with Crippen molar-refractivity contribution in [2.45, 2.75) is 51.7 Å². The van der Waals surface area contributed by atoms with E-state index in [1.807, 2.05) is 18.2 Å². The number of pyridine rings is 1. The third kappa shape index (κ3) is 5.38. The maximum absolute atomic E-state index is 12.0. The van der Waals surface area contributed by atoms with Gasteiger partial charge >= 0.3 is 5.97 Å². The van der Waals surface area contributed by atoms with Gasteiger partial charge in [-0.2, -0.15) is 0 Å². The zero-order valence-corrected chi connectivity index (χ0v) is 20.7. The molecule has 0 spiro atoms. The number of hydrogen-bond acceptors (Lipinski definition) is 6. The number of carboxylic acid groups (broad SMARTS) is 1. The highest BCUT2D eigenvalue weighted by atomic mass is 16.5. The molecule has 3 aromatic rings. The van der Waals surface area contributed by atoms with Gasteiger partial charge in [0.05, 0.1) is 11.0 Å². The first-order valence-electron chi connectivity index (χ1n) is 12.8. The minimum atomic E-state index is -0.820. The molecule has 1 unspecified atom stereocenters. The van der Waals surface area contributed by atoms with E-state index >= 15 is 0 Å². The summed E-state index contributed by atoms with van der Waals surface area (Å²) >= 11 is 0. The lowest BCUT2D eigenvalue weighted by atomic mass is 9.91. The van der Waals surface area contributed by atoms with Gasteiger partial charge in [-0.25, -0.2) is 4.98 Å². The number of nitrogens with zero attached hydrogens (tertiary/aromatic N) is 2. The number of H-pyrrole nitrogens is 1. The van der Waals surface area contributed by atoms with Gasteiger partial charge in [-0.3, -0.25) is 9.59 Å². The Morgan fingerprint density at radius 2 is 1.89 bits per heavy atom.